The molecule has 0 aliphatic carbocycles. The van der Waals surface area contributed by atoms with Crippen molar-refractivity contribution >= 4 is 39.9 Å². The first-order valence-electron chi connectivity index (χ1n) is 9.01. The zero-order valence-corrected chi connectivity index (χ0v) is 15.8. The van der Waals surface area contributed by atoms with E-state index in [0.29, 0.717) is 22.9 Å². The van der Waals surface area contributed by atoms with E-state index >= 15 is 0 Å². The van der Waals surface area contributed by atoms with Crippen LogP contribution in [0.4, 0.5) is 11.5 Å². The molecule has 0 bridgehead atoms. The number of anilines is 2. The average Bonchev–Trinajstić information content (AvgIpc) is 3.12. The molecule has 0 fully saturated rings. The van der Waals surface area contributed by atoms with Crippen LogP contribution >= 0.6 is 11.6 Å². The van der Waals surface area contributed by atoms with E-state index < -0.39 is 0 Å². The molecule has 140 valence electrons. The van der Waals surface area contributed by atoms with Crippen molar-refractivity contribution in [3.05, 3.63) is 89.2 Å². The van der Waals surface area contributed by atoms with Crippen molar-refractivity contribution in [1.82, 2.24) is 15.3 Å². The van der Waals surface area contributed by atoms with E-state index in [1.165, 1.54) is 10.9 Å². The summed E-state index contributed by atoms with van der Waals surface area (Å²) in [6, 6.07) is 19.1. The number of hydrogen-bond acceptors (Lipinski definition) is 3. The molecule has 0 saturated heterocycles. The molecule has 5 nitrogen and oxygen atoms in total. The third kappa shape index (κ3) is 4.15. The van der Waals surface area contributed by atoms with Crippen LogP contribution in [0.3, 0.4) is 0 Å². The molecule has 0 unspecified atom stereocenters. The largest absolute Gasteiger partial charge is 0.361 e. The Balaban J connectivity index is 1.33. The standard InChI is InChI=1S/C22H19ClN4O/c23-17-4-3-5-18(12-17)27-21-9-8-16(14-26-21)22(28)24-11-10-15-13-25-20-7-2-1-6-19(15)20/h1-9,12-14,25H,10-11H2,(H,24,28)(H,26,27). The van der Waals surface area contributed by atoms with Gasteiger partial charge >= 0.3 is 0 Å². The number of rotatable bonds is 6. The summed E-state index contributed by atoms with van der Waals surface area (Å²) in [6.45, 7) is 0.559. The van der Waals surface area contributed by atoms with Gasteiger partial charge in [0.05, 0.1) is 5.56 Å². The Morgan fingerprint density at radius 2 is 1.96 bits per heavy atom. The SMILES string of the molecule is O=C(NCCc1c[nH]c2ccccc12)c1ccc(Nc2cccc(Cl)c2)nc1. The van der Waals surface area contributed by atoms with Gasteiger partial charge in [-0.1, -0.05) is 35.9 Å². The number of amides is 1. The first kappa shape index (κ1) is 18.1. The molecule has 2 heterocycles. The molecule has 4 aromatic rings. The second-order valence-electron chi connectivity index (χ2n) is 6.43. The molecule has 1 amide bonds. The van der Waals surface area contributed by atoms with E-state index in [-0.39, 0.29) is 5.91 Å². The number of carbonyl (C=O) groups excluding carboxylic acids is 1. The van der Waals surface area contributed by atoms with Crippen LogP contribution < -0.4 is 10.6 Å². The second-order valence-corrected chi connectivity index (χ2v) is 6.87. The number of nitrogens with zero attached hydrogens (tertiary/aromatic N) is 1. The number of H-pyrrole nitrogens is 1. The maximum atomic E-state index is 12.4. The third-order valence-electron chi connectivity index (χ3n) is 4.48. The summed E-state index contributed by atoms with van der Waals surface area (Å²) in [5.74, 6) is 0.513. The summed E-state index contributed by atoms with van der Waals surface area (Å²) in [4.78, 5) is 19.9. The van der Waals surface area contributed by atoms with Gasteiger partial charge in [-0.15, -0.1) is 0 Å². The summed E-state index contributed by atoms with van der Waals surface area (Å²) >= 11 is 5.98. The van der Waals surface area contributed by atoms with Crippen LogP contribution in [-0.4, -0.2) is 22.4 Å². The lowest BCUT2D eigenvalue weighted by Gasteiger charge is -2.08. The van der Waals surface area contributed by atoms with E-state index in [9.17, 15) is 4.79 Å². The van der Waals surface area contributed by atoms with Crippen LogP contribution in [0.25, 0.3) is 10.9 Å². The molecular formula is C22H19ClN4O. The van der Waals surface area contributed by atoms with Crippen molar-refractivity contribution in [2.45, 2.75) is 6.42 Å². The summed E-state index contributed by atoms with van der Waals surface area (Å²) in [5.41, 5.74) is 3.66. The molecule has 0 radical (unpaired) electrons. The van der Waals surface area contributed by atoms with Gasteiger partial charge in [-0.3, -0.25) is 4.79 Å². The van der Waals surface area contributed by atoms with Gasteiger partial charge in [0.15, 0.2) is 0 Å². The third-order valence-corrected chi connectivity index (χ3v) is 4.71. The lowest BCUT2D eigenvalue weighted by Crippen LogP contribution is -2.25. The van der Waals surface area contributed by atoms with Crippen LogP contribution in [0.15, 0.2) is 73.1 Å². The Morgan fingerprint density at radius 3 is 2.79 bits per heavy atom. The minimum absolute atomic E-state index is 0.137. The van der Waals surface area contributed by atoms with Gasteiger partial charge < -0.3 is 15.6 Å². The molecule has 6 heteroatoms. The lowest BCUT2D eigenvalue weighted by molar-refractivity contribution is 0.0954. The minimum atomic E-state index is -0.137. The van der Waals surface area contributed by atoms with Gasteiger partial charge in [0.2, 0.25) is 0 Å². The van der Waals surface area contributed by atoms with E-state index in [0.717, 1.165) is 17.6 Å². The first-order chi connectivity index (χ1) is 13.7. The molecule has 2 aromatic heterocycles. The molecule has 0 atom stereocenters. The van der Waals surface area contributed by atoms with E-state index in [1.54, 1.807) is 18.3 Å². The maximum absolute atomic E-state index is 12.4. The summed E-state index contributed by atoms with van der Waals surface area (Å²) in [5, 5.41) is 7.95. The average molecular weight is 391 g/mol. The topological polar surface area (TPSA) is 69.8 Å². The number of carbonyl (C=O) groups is 1. The molecular weight excluding hydrogens is 372 g/mol. The molecule has 2 aromatic carbocycles. The van der Waals surface area contributed by atoms with Crippen LogP contribution in [0.5, 0.6) is 0 Å². The smallest absolute Gasteiger partial charge is 0.252 e. The fourth-order valence-corrected chi connectivity index (χ4v) is 3.26. The first-order valence-corrected chi connectivity index (χ1v) is 9.39. The Hall–Kier alpha value is -3.31. The monoisotopic (exact) mass is 390 g/mol. The number of fused-ring (bicyclic) bond motifs is 1. The fraction of sp³-hybridized carbons (Fsp3) is 0.0909. The highest BCUT2D eigenvalue weighted by Gasteiger charge is 2.08. The highest BCUT2D eigenvalue weighted by molar-refractivity contribution is 6.30. The molecule has 0 aliphatic heterocycles. The molecule has 4 rings (SSSR count). The molecule has 0 saturated carbocycles. The fourth-order valence-electron chi connectivity index (χ4n) is 3.07. The van der Waals surface area contributed by atoms with Crippen LogP contribution in [-0.2, 0) is 6.42 Å². The molecule has 28 heavy (non-hydrogen) atoms. The maximum Gasteiger partial charge on any atom is 0.252 e. The number of hydrogen-bond donors (Lipinski definition) is 3. The van der Waals surface area contributed by atoms with E-state index in [1.807, 2.05) is 48.7 Å². The van der Waals surface area contributed by atoms with Crippen LogP contribution in [0.1, 0.15) is 15.9 Å². The van der Waals surface area contributed by atoms with E-state index in [4.69, 9.17) is 11.6 Å². The zero-order valence-electron chi connectivity index (χ0n) is 15.1. The van der Waals surface area contributed by atoms with Gasteiger partial charge in [0.25, 0.3) is 5.91 Å². The number of pyridine rings is 1. The zero-order chi connectivity index (χ0) is 19.3. The van der Waals surface area contributed by atoms with Gasteiger partial charge in [-0.2, -0.15) is 0 Å². The van der Waals surface area contributed by atoms with Gasteiger partial charge in [0.1, 0.15) is 5.82 Å². The molecule has 0 spiro atoms. The highest BCUT2D eigenvalue weighted by Crippen LogP contribution is 2.19. The van der Waals surface area contributed by atoms with Gasteiger partial charge in [-0.25, -0.2) is 4.98 Å². The predicted molar refractivity (Wildman–Crippen MR) is 113 cm³/mol. The summed E-state index contributed by atoms with van der Waals surface area (Å²) in [7, 11) is 0. The Kier molecular flexibility index (Phi) is 5.26. The van der Waals surface area contributed by atoms with Crippen molar-refractivity contribution in [3.63, 3.8) is 0 Å². The Labute approximate surface area is 167 Å². The van der Waals surface area contributed by atoms with Crippen molar-refractivity contribution in [2.24, 2.45) is 0 Å². The van der Waals surface area contributed by atoms with Crippen molar-refractivity contribution in [2.75, 3.05) is 11.9 Å². The Bertz CT molecular complexity index is 1100. The van der Waals surface area contributed by atoms with Gasteiger partial charge in [-0.05, 0) is 48.4 Å². The minimum Gasteiger partial charge on any atom is -0.361 e. The summed E-state index contributed by atoms with van der Waals surface area (Å²) < 4.78 is 0. The number of aromatic nitrogens is 2. The molecule has 3 N–H and O–H groups in total. The Morgan fingerprint density at radius 1 is 1.07 bits per heavy atom. The lowest BCUT2D eigenvalue weighted by atomic mass is 10.1. The summed E-state index contributed by atoms with van der Waals surface area (Å²) in [6.07, 6.45) is 4.32. The predicted octanol–water partition coefficient (Wildman–Crippen LogP) is 4.93. The quantitative estimate of drug-likeness (QED) is 0.437. The van der Waals surface area contributed by atoms with Crippen LogP contribution in [0, 0.1) is 0 Å². The van der Waals surface area contributed by atoms with E-state index in [2.05, 4.69) is 26.7 Å². The van der Waals surface area contributed by atoms with Crippen molar-refractivity contribution in [1.29, 1.82) is 0 Å². The number of para-hydroxylation sites is 1. The van der Waals surface area contributed by atoms with Crippen molar-refractivity contribution < 1.29 is 4.79 Å². The normalized spacial score (nSPS) is 10.8. The number of benzene rings is 2. The number of aromatic amines is 1. The van der Waals surface area contributed by atoms with Gasteiger partial charge in [0, 0.05) is 40.6 Å². The second kappa shape index (κ2) is 8.15. The van der Waals surface area contributed by atoms with Crippen molar-refractivity contribution in [3.8, 4) is 0 Å². The molecule has 0 aliphatic rings. The van der Waals surface area contributed by atoms with Crippen LogP contribution in [0.2, 0.25) is 5.02 Å². The number of nitrogens with one attached hydrogen (secondary N) is 3. The number of halogens is 1. The highest BCUT2D eigenvalue weighted by atomic mass is 35.5.